The molecule has 2 N–H and O–H groups in total. The second-order valence-corrected chi connectivity index (χ2v) is 7.77. The van der Waals surface area contributed by atoms with E-state index in [1.54, 1.807) is 24.3 Å². The molecule has 2 aromatic carbocycles. The van der Waals surface area contributed by atoms with Gasteiger partial charge in [-0.1, -0.05) is 56.2 Å². The number of halogens is 1. The van der Waals surface area contributed by atoms with E-state index in [0.29, 0.717) is 16.7 Å². The second kappa shape index (κ2) is 13.7. The summed E-state index contributed by atoms with van der Waals surface area (Å²) in [6, 6.07) is 14.2. The maximum Gasteiger partial charge on any atom is 0.115 e. The van der Waals surface area contributed by atoms with Crippen molar-refractivity contribution < 1.29 is 27.6 Å². The number of aromatic hydroxyl groups is 2. The molecule has 1 unspecified atom stereocenters. The Kier molecular flexibility index (Phi) is 16.2. The van der Waals surface area contributed by atoms with E-state index in [-0.39, 0.29) is 29.8 Å². The monoisotopic (exact) mass is 394 g/mol. The van der Waals surface area contributed by atoms with Crippen LogP contribution in [0.5, 0.6) is 11.5 Å². The molecule has 0 aliphatic rings. The van der Waals surface area contributed by atoms with Gasteiger partial charge in [-0.15, -0.1) is 21.6 Å². The molecule has 0 aliphatic carbocycles. The van der Waals surface area contributed by atoms with Crippen molar-refractivity contribution in [3.05, 3.63) is 59.7 Å². The average molecular weight is 395 g/mol. The van der Waals surface area contributed by atoms with Gasteiger partial charge in [0.15, 0.2) is 0 Å². The van der Waals surface area contributed by atoms with Crippen molar-refractivity contribution in [1.29, 1.82) is 0 Å². The third-order valence-corrected chi connectivity index (χ3v) is 2.07. The fourth-order valence-electron chi connectivity index (χ4n) is 1.09. The molecule has 0 fully saturated rings. The van der Waals surface area contributed by atoms with E-state index >= 15 is 0 Å². The summed E-state index contributed by atoms with van der Waals surface area (Å²) in [7, 11) is 2.72. The van der Waals surface area contributed by atoms with Crippen LogP contribution in [0.1, 0.15) is 31.9 Å². The molecule has 2 rings (SSSR count). The largest absolute Gasteiger partial charge is 0.508 e. The molecule has 23 heavy (non-hydrogen) atoms. The van der Waals surface area contributed by atoms with Gasteiger partial charge in [0.2, 0.25) is 0 Å². The third-order valence-electron chi connectivity index (χ3n) is 2.07. The van der Waals surface area contributed by atoms with Crippen LogP contribution in [0.4, 0.5) is 0 Å². The second-order valence-electron chi connectivity index (χ2n) is 6.04. The molecule has 0 bridgehead atoms. The molecule has 0 saturated carbocycles. The third kappa shape index (κ3) is 21.3. The van der Waals surface area contributed by atoms with E-state index in [1.165, 1.54) is 11.1 Å². The molecule has 0 heterocycles. The first kappa shape index (κ1) is 27.2. The van der Waals surface area contributed by atoms with Crippen molar-refractivity contribution in [2.45, 2.75) is 39.8 Å². The van der Waals surface area contributed by atoms with Gasteiger partial charge in [-0.25, -0.2) is 0 Å². The molecule has 130 valence electrons. The van der Waals surface area contributed by atoms with E-state index in [1.807, 2.05) is 38.1 Å². The summed E-state index contributed by atoms with van der Waals surface area (Å²) >= 11 is 0. The number of phenols is 2. The van der Waals surface area contributed by atoms with E-state index in [2.05, 4.69) is 30.0 Å². The topological polar surface area (TPSA) is 40.5 Å². The predicted molar refractivity (Wildman–Crippen MR) is 102 cm³/mol. The Hall–Kier alpha value is -0.708. The zero-order chi connectivity index (χ0) is 16.5. The van der Waals surface area contributed by atoms with Crippen molar-refractivity contribution in [2.75, 3.05) is 0 Å². The number of hydrogen-bond donors (Lipinski definition) is 2. The molecular weight excluding hydrogens is 367 g/mol. The van der Waals surface area contributed by atoms with Gasteiger partial charge in [0.1, 0.15) is 11.5 Å². The Bertz CT molecular complexity index is 417. The van der Waals surface area contributed by atoms with Crippen LogP contribution in [-0.4, -0.2) is 15.4 Å². The summed E-state index contributed by atoms with van der Waals surface area (Å²) in [5.74, 6) is 0.659. The SMILES string of the molecule is CC(C)(C)P.Cc1ccc(O)cc1.Cc1ccc(O)cc1.Cl.[Cr]. The standard InChI is InChI=1S/2C7H8O.C4H11P.ClH.Cr/c2*1-6-2-4-7(8)5-3-6;1-4(2,3)5;;/h2*2-5,8H,1H3;5H2,1-3H3;1H;. The Morgan fingerprint density at radius 2 is 0.870 bits per heavy atom. The minimum Gasteiger partial charge on any atom is -0.508 e. The number of rotatable bonds is 0. The molecule has 0 radical (unpaired) electrons. The van der Waals surface area contributed by atoms with Gasteiger partial charge in [0.25, 0.3) is 0 Å². The summed E-state index contributed by atoms with van der Waals surface area (Å²) in [4.78, 5) is 0. The minimum atomic E-state index is 0. The normalized spacial score (nSPS) is 8.96. The van der Waals surface area contributed by atoms with E-state index < -0.39 is 0 Å². The number of aryl methyl sites for hydroxylation is 2. The molecule has 2 aromatic rings. The predicted octanol–water partition coefficient (Wildman–Crippen LogP) is 5.48. The van der Waals surface area contributed by atoms with Gasteiger partial charge in [0, 0.05) is 17.4 Å². The van der Waals surface area contributed by atoms with Gasteiger partial charge in [-0.2, -0.15) is 0 Å². The summed E-state index contributed by atoms with van der Waals surface area (Å²) in [6.45, 7) is 10.4. The van der Waals surface area contributed by atoms with Crippen LogP contribution in [0.15, 0.2) is 48.5 Å². The Balaban J connectivity index is -0.000000258. The van der Waals surface area contributed by atoms with Gasteiger partial charge in [-0.05, 0) is 43.3 Å². The average Bonchev–Trinajstić information content (AvgIpc) is 2.35. The maximum atomic E-state index is 8.76. The molecule has 0 aromatic heterocycles. The van der Waals surface area contributed by atoms with Crippen LogP contribution >= 0.6 is 21.6 Å². The molecule has 0 saturated heterocycles. The van der Waals surface area contributed by atoms with E-state index in [9.17, 15) is 0 Å². The van der Waals surface area contributed by atoms with Crippen molar-refractivity contribution >= 4 is 21.6 Å². The van der Waals surface area contributed by atoms with Gasteiger partial charge in [-0.3, -0.25) is 0 Å². The van der Waals surface area contributed by atoms with Crippen molar-refractivity contribution in [2.24, 2.45) is 0 Å². The number of phenolic OH excluding ortho intramolecular Hbond substituents is 2. The van der Waals surface area contributed by atoms with E-state index in [4.69, 9.17) is 10.2 Å². The van der Waals surface area contributed by atoms with Crippen LogP contribution in [0.25, 0.3) is 0 Å². The molecule has 0 amide bonds. The van der Waals surface area contributed by atoms with Crippen LogP contribution in [-0.2, 0) is 17.4 Å². The van der Waals surface area contributed by atoms with Crippen molar-refractivity contribution in [3.8, 4) is 11.5 Å². The molecule has 2 nitrogen and oxygen atoms in total. The van der Waals surface area contributed by atoms with Crippen molar-refractivity contribution in [1.82, 2.24) is 0 Å². The first-order chi connectivity index (χ1) is 9.58. The fourth-order valence-corrected chi connectivity index (χ4v) is 1.09. The van der Waals surface area contributed by atoms with Gasteiger partial charge < -0.3 is 10.2 Å². The zero-order valence-electron chi connectivity index (χ0n) is 14.4. The van der Waals surface area contributed by atoms with Crippen LogP contribution in [0.2, 0.25) is 0 Å². The Morgan fingerprint density at radius 3 is 1.00 bits per heavy atom. The molecule has 5 heteroatoms. The molecule has 1 atom stereocenters. The van der Waals surface area contributed by atoms with Gasteiger partial charge >= 0.3 is 0 Å². The van der Waals surface area contributed by atoms with Crippen LogP contribution in [0, 0.1) is 13.8 Å². The maximum absolute atomic E-state index is 8.76. The fraction of sp³-hybridized carbons (Fsp3) is 0.333. The number of benzene rings is 2. The summed E-state index contributed by atoms with van der Waals surface area (Å²) in [5, 5.41) is 17.9. The van der Waals surface area contributed by atoms with Crippen molar-refractivity contribution in [3.63, 3.8) is 0 Å². The number of hydrogen-bond acceptors (Lipinski definition) is 2. The summed E-state index contributed by atoms with van der Waals surface area (Å²) < 4.78 is 0. The summed E-state index contributed by atoms with van der Waals surface area (Å²) in [5.41, 5.74) is 2.34. The first-order valence-electron chi connectivity index (χ1n) is 6.88. The minimum absolute atomic E-state index is 0. The molecule has 0 spiro atoms. The summed E-state index contributed by atoms with van der Waals surface area (Å²) in [6.07, 6.45) is 0. The van der Waals surface area contributed by atoms with Crippen LogP contribution < -0.4 is 0 Å². The van der Waals surface area contributed by atoms with Gasteiger partial charge in [0.05, 0.1) is 0 Å². The molecular formula is C18H28ClCrO2P. The Morgan fingerprint density at radius 1 is 0.696 bits per heavy atom. The quantitative estimate of drug-likeness (QED) is 0.581. The Labute approximate surface area is 160 Å². The van der Waals surface area contributed by atoms with Crippen LogP contribution in [0.3, 0.4) is 0 Å². The van der Waals surface area contributed by atoms with E-state index in [0.717, 1.165) is 0 Å². The smallest absolute Gasteiger partial charge is 0.115 e. The first-order valence-corrected chi connectivity index (χ1v) is 7.46. The zero-order valence-corrected chi connectivity index (χ0v) is 17.7. The molecule has 0 aliphatic heterocycles.